The van der Waals surface area contributed by atoms with Crippen molar-refractivity contribution >= 4 is 17.3 Å². The third-order valence-electron chi connectivity index (χ3n) is 2.58. The van der Waals surface area contributed by atoms with E-state index in [1.165, 1.54) is 12.1 Å². The molecule has 0 aliphatic heterocycles. The highest BCUT2D eigenvalue weighted by atomic mass is 16.6. The molecule has 0 spiro atoms. The van der Waals surface area contributed by atoms with Crippen molar-refractivity contribution in [2.24, 2.45) is 5.84 Å². The Labute approximate surface area is 121 Å². The van der Waals surface area contributed by atoms with Crippen LogP contribution in [0.1, 0.15) is 10.4 Å². The van der Waals surface area contributed by atoms with Gasteiger partial charge < -0.3 is 20.2 Å². The van der Waals surface area contributed by atoms with Crippen molar-refractivity contribution in [3.63, 3.8) is 0 Å². The van der Waals surface area contributed by atoms with Crippen LogP contribution in [-0.4, -0.2) is 44.3 Å². The number of nitro benzene ring substituents is 1. The minimum atomic E-state index is -0.611. The van der Waals surface area contributed by atoms with Crippen LogP contribution >= 0.6 is 0 Å². The van der Waals surface area contributed by atoms with Gasteiger partial charge in [-0.05, 0) is 12.1 Å². The molecule has 1 amide bonds. The highest BCUT2D eigenvalue weighted by Crippen LogP contribution is 2.24. The molecule has 0 atom stereocenters. The number of benzene rings is 1. The predicted molar refractivity (Wildman–Crippen MR) is 75.9 cm³/mol. The summed E-state index contributed by atoms with van der Waals surface area (Å²) in [5.74, 6) is 4.75. The standard InChI is InChI=1S/C12H18N4O5/c1-20-6-7-21-5-4-14-12(17)9-2-3-10(15-13)11(8-9)16(18)19/h2-3,8,15H,4-7,13H2,1H3,(H,14,17). The van der Waals surface area contributed by atoms with Gasteiger partial charge in [0.05, 0.1) is 24.7 Å². The van der Waals surface area contributed by atoms with Gasteiger partial charge >= 0.3 is 0 Å². The van der Waals surface area contributed by atoms with Crippen molar-refractivity contribution in [2.45, 2.75) is 0 Å². The lowest BCUT2D eigenvalue weighted by Gasteiger charge is -2.07. The summed E-state index contributed by atoms with van der Waals surface area (Å²) in [5, 5.41) is 13.5. The zero-order chi connectivity index (χ0) is 15.7. The summed E-state index contributed by atoms with van der Waals surface area (Å²) < 4.78 is 9.99. The minimum absolute atomic E-state index is 0.138. The molecule has 0 saturated carbocycles. The Kier molecular flexibility index (Phi) is 7.09. The number of amides is 1. The van der Waals surface area contributed by atoms with Gasteiger partial charge in [-0.2, -0.15) is 0 Å². The number of hydrazine groups is 1. The average molecular weight is 298 g/mol. The van der Waals surface area contributed by atoms with E-state index in [0.717, 1.165) is 6.07 Å². The first-order chi connectivity index (χ1) is 10.1. The third kappa shape index (κ3) is 5.34. The number of nitrogens with zero attached hydrogens (tertiary/aromatic N) is 1. The summed E-state index contributed by atoms with van der Waals surface area (Å²) in [6.45, 7) is 1.55. The lowest BCUT2D eigenvalue weighted by atomic mass is 10.1. The fourth-order valence-corrected chi connectivity index (χ4v) is 1.53. The molecule has 9 nitrogen and oxygen atoms in total. The van der Waals surface area contributed by atoms with E-state index in [0.29, 0.717) is 26.4 Å². The molecule has 116 valence electrons. The van der Waals surface area contributed by atoms with Crippen LogP contribution in [0.3, 0.4) is 0 Å². The predicted octanol–water partition coefficient (Wildman–Crippen LogP) is 0.273. The first kappa shape index (κ1) is 16.8. The average Bonchev–Trinajstić information content (AvgIpc) is 2.49. The smallest absolute Gasteiger partial charge is 0.294 e. The number of carbonyl (C=O) groups is 1. The molecular weight excluding hydrogens is 280 g/mol. The molecular formula is C12H18N4O5. The maximum absolute atomic E-state index is 11.8. The van der Waals surface area contributed by atoms with Crippen molar-refractivity contribution in [3.8, 4) is 0 Å². The number of nitrogen functional groups attached to an aromatic ring is 1. The van der Waals surface area contributed by atoms with E-state index in [4.69, 9.17) is 15.3 Å². The Morgan fingerprint density at radius 2 is 2.14 bits per heavy atom. The second kappa shape index (κ2) is 8.84. The van der Waals surface area contributed by atoms with Crippen LogP contribution < -0.4 is 16.6 Å². The van der Waals surface area contributed by atoms with Gasteiger partial charge in [0.15, 0.2) is 0 Å². The van der Waals surface area contributed by atoms with E-state index in [-0.39, 0.29) is 16.9 Å². The Balaban J connectivity index is 2.54. The minimum Gasteiger partial charge on any atom is -0.382 e. The summed E-state index contributed by atoms with van der Waals surface area (Å²) in [4.78, 5) is 22.1. The van der Waals surface area contributed by atoms with Crippen LogP contribution in [-0.2, 0) is 9.47 Å². The number of ether oxygens (including phenoxy) is 2. The van der Waals surface area contributed by atoms with Crippen molar-refractivity contribution in [1.29, 1.82) is 0 Å². The maximum atomic E-state index is 11.8. The van der Waals surface area contributed by atoms with Gasteiger partial charge in [-0.25, -0.2) is 0 Å². The van der Waals surface area contributed by atoms with Gasteiger partial charge in [0, 0.05) is 25.3 Å². The van der Waals surface area contributed by atoms with Crippen molar-refractivity contribution in [2.75, 3.05) is 38.9 Å². The zero-order valence-electron chi connectivity index (χ0n) is 11.6. The summed E-state index contributed by atoms with van der Waals surface area (Å²) in [5.41, 5.74) is 2.26. The van der Waals surface area contributed by atoms with Crippen LogP contribution in [0.15, 0.2) is 18.2 Å². The second-order valence-corrected chi connectivity index (χ2v) is 3.99. The molecule has 0 aliphatic rings. The highest BCUT2D eigenvalue weighted by molar-refractivity contribution is 5.95. The number of nitrogens with two attached hydrogens (primary N) is 1. The summed E-state index contributed by atoms with van der Waals surface area (Å²) in [6.07, 6.45) is 0. The largest absolute Gasteiger partial charge is 0.382 e. The lowest BCUT2D eigenvalue weighted by Crippen LogP contribution is -2.27. The van der Waals surface area contributed by atoms with Crippen molar-refractivity contribution in [3.05, 3.63) is 33.9 Å². The van der Waals surface area contributed by atoms with Gasteiger partial charge in [-0.15, -0.1) is 0 Å². The molecule has 4 N–H and O–H groups in total. The van der Waals surface area contributed by atoms with E-state index in [9.17, 15) is 14.9 Å². The van der Waals surface area contributed by atoms with Gasteiger partial charge in [0.25, 0.3) is 11.6 Å². The number of rotatable bonds is 9. The van der Waals surface area contributed by atoms with Crippen molar-refractivity contribution < 1.29 is 19.2 Å². The zero-order valence-corrected chi connectivity index (χ0v) is 11.6. The van der Waals surface area contributed by atoms with Crippen LogP contribution in [0.5, 0.6) is 0 Å². The van der Waals surface area contributed by atoms with Crippen LogP contribution in [0, 0.1) is 10.1 Å². The van der Waals surface area contributed by atoms with Crippen molar-refractivity contribution in [1.82, 2.24) is 5.32 Å². The fourth-order valence-electron chi connectivity index (χ4n) is 1.53. The van der Waals surface area contributed by atoms with E-state index in [1.807, 2.05) is 0 Å². The Morgan fingerprint density at radius 3 is 2.76 bits per heavy atom. The molecule has 0 fully saturated rings. The molecule has 21 heavy (non-hydrogen) atoms. The number of hydrogen-bond acceptors (Lipinski definition) is 7. The fraction of sp³-hybridized carbons (Fsp3) is 0.417. The van der Waals surface area contributed by atoms with Gasteiger partial charge in [-0.1, -0.05) is 0 Å². The number of methoxy groups -OCH3 is 1. The summed E-state index contributed by atoms with van der Waals surface area (Å²) in [6, 6.07) is 3.99. The molecule has 0 bridgehead atoms. The molecule has 0 aromatic heterocycles. The molecule has 1 rings (SSSR count). The van der Waals surface area contributed by atoms with E-state index in [2.05, 4.69) is 10.7 Å². The molecule has 0 radical (unpaired) electrons. The molecule has 0 unspecified atom stereocenters. The summed E-state index contributed by atoms with van der Waals surface area (Å²) in [7, 11) is 1.57. The van der Waals surface area contributed by atoms with E-state index < -0.39 is 10.8 Å². The molecule has 1 aromatic rings. The van der Waals surface area contributed by atoms with Gasteiger partial charge in [-0.3, -0.25) is 20.8 Å². The van der Waals surface area contributed by atoms with Crippen LogP contribution in [0.25, 0.3) is 0 Å². The number of carbonyl (C=O) groups excluding carboxylic acids is 1. The van der Waals surface area contributed by atoms with E-state index in [1.54, 1.807) is 7.11 Å². The summed E-state index contributed by atoms with van der Waals surface area (Å²) >= 11 is 0. The van der Waals surface area contributed by atoms with Gasteiger partial charge in [0.2, 0.25) is 0 Å². The molecule has 0 saturated heterocycles. The Bertz CT molecular complexity index is 495. The number of nitro groups is 1. The number of anilines is 1. The monoisotopic (exact) mass is 298 g/mol. The molecule has 0 aliphatic carbocycles. The Hall–Kier alpha value is -2.23. The van der Waals surface area contributed by atoms with Crippen LogP contribution in [0.4, 0.5) is 11.4 Å². The highest BCUT2D eigenvalue weighted by Gasteiger charge is 2.16. The Morgan fingerprint density at radius 1 is 1.38 bits per heavy atom. The SMILES string of the molecule is COCCOCCNC(=O)c1ccc(NN)c([N+](=O)[O-])c1. The first-order valence-electron chi connectivity index (χ1n) is 6.20. The molecule has 0 heterocycles. The molecule has 9 heteroatoms. The first-order valence-corrected chi connectivity index (χ1v) is 6.20. The lowest BCUT2D eigenvalue weighted by molar-refractivity contribution is -0.384. The maximum Gasteiger partial charge on any atom is 0.294 e. The van der Waals surface area contributed by atoms with Gasteiger partial charge in [0.1, 0.15) is 5.69 Å². The second-order valence-electron chi connectivity index (χ2n) is 3.99. The topological polar surface area (TPSA) is 129 Å². The third-order valence-corrected chi connectivity index (χ3v) is 2.58. The quantitative estimate of drug-likeness (QED) is 0.258. The normalized spacial score (nSPS) is 10.2. The number of hydrogen-bond donors (Lipinski definition) is 3. The molecule has 1 aromatic carbocycles. The number of nitrogens with one attached hydrogen (secondary N) is 2. The van der Waals surface area contributed by atoms with Crippen LogP contribution in [0.2, 0.25) is 0 Å². The van der Waals surface area contributed by atoms with E-state index >= 15 is 0 Å².